The zero-order valence-corrected chi connectivity index (χ0v) is 9.91. The van der Waals surface area contributed by atoms with E-state index >= 15 is 0 Å². The molecular formula is C14H16O2. The van der Waals surface area contributed by atoms with Crippen molar-refractivity contribution in [2.75, 3.05) is 0 Å². The summed E-state index contributed by atoms with van der Waals surface area (Å²) in [6.07, 6.45) is 0.752. The van der Waals surface area contributed by atoms with Crippen LogP contribution in [-0.4, -0.2) is 5.78 Å². The molecule has 0 spiro atoms. The van der Waals surface area contributed by atoms with Gasteiger partial charge in [-0.3, -0.25) is 4.79 Å². The van der Waals surface area contributed by atoms with E-state index in [1.165, 1.54) is 0 Å². The lowest BCUT2D eigenvalue weighted by Crippen LogP contribution is -2.08. The second kappa shape index (κ2) is 4.12. The first-order valence-electron chi connectivity index (χ1n) is 5.69. The van der Waals surface area contributed by atoms with Crippen LogP contribution < -0.4 is 0 Å². The molecule has 0 unspecified atom stereocenters. The van der Waals surface area contributed by atoms with Gasteiger partial charge >= 0.3 is 0 Å². The van der Waals surface area contributed by atoms with Crippen LogP contribution in [0.15, 0.2) is 28.7 Å². The highest BCUT2D eigenvalue weighted by Crippen LogP contribution is 2.28. The summed E-state index contributed by atoms with van der Waals surface area (Å²) in [6.45, 7) is 5.85. The van der Waals surface area contributed by atoms with Crippen molar-refractivity contribution in [2.24, 2.45) is 5.92 Å². The highest BCUT2D eigenvalue weighted by atomic mass is 16.3. The summed E-state index contributed by atoms with van der Waals surface area (Å²) in [5.41, 5.74) is 1.58. The summed E-state index contributed by atoms with van der Waals surface area (Å²) in [7, 11) is 0. The largest absolute Gasteiger partial charge is 0.460 e. The number of Topliss-reactive ketones (excluding diaryl/α,β-unsaturated/α-hetero) is 1. The first kappa shape index (κ1) is 10.9. The van der Waals surface area contributed by atoms with E-state index in [0.717, 1.165) is 28.7 Å². The van der Waals surface area contributed by atoms with Gasteiger partial charge in [0.2, 0.25) is 0 Å². The van der Waals surface area contributed by atoms with Gasteiger partial charge in [-0.15, -0.1) is 0 Å². The number of hydrogen-bond acceptors (Lipinski definition) is 2. The maximum Gasteiger partial charge on any atom is 0.169 e. The van der Waals surface area contributed by atoms with Gasteiger partial charge in [-0.05, 0) is 6.07 Å². The first-order valence-corrected chi connectivity index (χ1v) is 5.69. The Morgan fingerprint density at radius 3 is 2.62 bits per heavy atom. The molecular weight excluding hydrogens is 200 g/mol. The van der Waals surface area contributed by atoms with Crippen LogP contribution in [0.25, 0.3) is 11.0 Å². The number of furan rings is 1. The van der Waals surface area contributed by atoms with Crippen LogP contribution >= 0.6 is 0 Å². The van der Waals surface area contributed by atoms with Crippen molar-refractivity contribution < 1.29 is 9.21 Å². The molecule has 1 aromatic carbocycles. The fourth-order valence-electron chi connectivity index (χ4n) is 1.90. The Morgan fingerprint density at radius 2 is 2.00 bits per heavy atom. The van der Waals surface area contributed by atoms with Gasteiger partial charge in [-0.25, -0.2) is 0 Å². The average molecular weight is 216 g/mol. The summed E-state index contributed by atoms with van der Waals surface area (Å²) in [6, 6.07) is 7.72. The second-order valence-corrected chi connectivity index (χ2v) is 4.27. The topological polar surface area (TPSA) is 30.2 Å². The molecule has 0 fully saturated rings. The molecule has 0 amide bonds. The van der Waals surface area contributed by atoms with Crippen LogP contribution in [0.3, 0.4) is 0 Å². The molecule has 2 rings (SSSR count). The number of hydrogen-bond donors (Lipinski definition) is 0. The summed E-state index contributed by atoms with van der Waals surface area (Å²) >= 11 is 0. The van der Waals surface area contributed by atoms with Gasteiger partial charge in [0, 0.05) is 17.7 Å². The molecule has 84 valence electrons. The number of fused-ring (bicyclic) bond motifs is 1. The average Bonchev–Trinajstić information content (AvgIpc) is 2.66. The Kier molecular flexibility index (Phi) is 2.82. The molecule has 0 aliphatic rings. The van der Waals surface area contributed by atoms with E-state index in [9.17, 15) is 4.79 Å². The molecule has 2 nitrogen and oxygen atoms in total. The number of aryl methyl sites for hydroxylation is 1. The van der Waals surface area contributed by atoms with Crippen molar-refractivity contribution in [2.45, 2.75) is 27.2 Å². The van der Waals surface area contributed by atoms with E-state index in [2.05, 4.69) is 0 Å². The van der Waals surface area contributed by atoms with E-state index in [4.69, 9.17) is 4.42 Å². The van der Waals surface area contributed by atoms with E-state index in [1.807, 2.05) is 45.0 Å². The van der Waals surface area contributed by atoms with Gasteiger partial charge in [-0.2, -0.15) is 0 Å². The van der Waals surface area contributed by atoms with Gasteiger partial charge in [0.1, 0.15) is 11.3 Å². The van der Waals surface area contributed by atoms with Crippen LogP contribution in [0.4, 0.5) is 0 Å². The van der Waals surface area contributed by atoms with Gasteiger partial charge in [0.25, 0.3) is 0 Å². The summed E-state index contributed by atoms with van der Waals surface area (Å²) in [5.74, 6) is 0.980. The Labute approximate surface area is 95.3 Å². The lowest BCUT2D eigenvalue weighted by Gasteiger charge is -2.03. The Bertz CT molecular complexity index is 521. The molecule has 0 bridgehead atoms. The number of benzene rings is 1. The Balaban J connectivity index is 2.69. The minimum atomic E-state index is 0.00584. The van der Waals surface area contributed by atoms with Crippen molar-refractivity contribution in [3.63, 3.8) is 0 Å². The maximum atomic E-state index is 12.1. The quantitative estimate of drug-likeness (QED) is 0.730. The highest BCUT2D eigenvalue weighted by molar-refractivity contribution is 6.09. The monoisotopic (exact) mass is 216 g/mol. The molecule has 1 heterocycles. The fourth-order valence-corrected chi connectivity index (χ4v) is 1.90. The fraction of sp³-hybridized carbons (Fsp3) is 0.357. The third-order valence-corrected chi connectivity index (χ3v) is 2.76. The summed E-state index contributed by atoms with van der Waals surface area (Å²) in [5, 5.41) is 0.943. The molecule has 0 saturated carbocycles. The number of para-hydroxylation sites is 1. The molecule has 0 N–H and O–H groups in total. The molecule has 0 radical (unpaired) electrons. The van der Waals surface area contributed by atoms with Crippen molar-refractivity contribution >= 4 is 16.8 Å². The lowest BCUT2D eigenvalue weighted by atomic mass is 9.97. The molecule has 0 aliphatic heterocycles. The number of rotatable bonds is 3. The zero-order chi connectivity index (χ0) is 11.7. The first-order chi connectivity index (χ1) is 7.65. The number of carbonyl (C=O) groups excluding carboxylic acids is 1. The molecule has 1 aromatic heterocycles. The predicted molar refractivity (Wildman–Crippen MR) is 64.8 cm³/mol. The molecule has 0 saturated heterocycles. The number of carbonyl (C=O) groups is 1. The molecule has 0 atom stereocenters. The van der Waals surface area contributed by atoms with Gasteiger partial charge in [0.15, 0.2) is 5.78 Å². The van der Waals surface area contributed by atoms with E-state index in [0.29, 0.717) is 0 Å². The van der Waals surface area contributed by atoms with Crippen LogP contribution in [0.1, 0.15) is 36.9 Å². The predicted octanol–water partition coefficient (Wildman–Crippen LogP) is 3.83. The second-order valence-electron chi connectivity index (χ2n) is 4.27. The van der Waals surface area contributed by atoms with Crippen molar-refractivity contribution in [1.29, 1.82) is 0 Å². The zero-order valence-electron chi connectivity index (χ0n) is 9.91. The van der Waals surface area contributed by atoms with E-state index in [1.54, 1.807) is 0 Å². The van der Waals surface area contributed by atoms with Gasteiger partial charge in [0.05, 0.1) is 5.56 Å². The lowest BCUT2D eigenvalue weighted by molar-refractivity contribution is 0.0939. The molecule has 2 aromatic rings. The van der Waals surface area contributed by atoms with Crippen molar-refractivity contribution in [3.8, 4) is 0 Å². The minimum absolute atomic E-state index is 0.00584. The Hall–Kier alpha value is -1.57. The van der Waals surface area contributed by atoms with Crippen LogP contribution in [-0.2, 0) is 6.42 Å². The molecule has 2 heteroatoms. The van der Waals surface area contributed by atoms with Crippen molar-refractivity contribution in [1.82, 2.24) is 0 Å². The van der Waals surface area contributed by atoms with Crippen LogP contribution in [0.2, 0.25) is 0 Å². The maximum absolute atomic E-state index is 12.1. The van der Waals surface area contributed by atoms with E-state index in [-0.39, 0.29) is 11.7 Å². The van der Waals surface area contributed by atoms with Crippen LogP contribution in [0, 0.1) is 5.92 Å². The Morgan fingerprint density at radius 1 is 1.31 bits per heavy atom. The van der Waals surface area contributed by atoms with Crippen molar-refractivity contribution in [3.05, 3.63) is 35.6 Å². The van der Waals surface area contributed by atoms with Crippen LogP contribution in [0.5, 0.6) is 0 Å². The van der Waals surface area contributed by atoms with E-state index < -0.39 is 0 Å². The van der Waals surface area contributed by atoms with Gasteiger partial charge < -0.3 is 4.42 Å². The standard InChI is InChI=1S/C14H16O2/c1-4-11-13(14(15)9(2)3)10-7-5-6-8-12(10)16-11/h5-9H,4H2,1-3H3. The minimum Gasteiger partial charge on any atom is -0.460 e. The molecule has 0 aliphatic carbocycles. The summed E-state index contributed by atoms with van der Waals surface area (Å²) < 4.78 is 5.70. The summed E-state index contributed by atoms with van der Waals surface area (Å²) in [4.78, 5) is 12.1. The third kappa shape index (κ3) is 1.64. The SMILES string of the molecule is CCc1oc2ccccc2c1C(=O)C(C)C. The normalized spacial score (nSPS) is 11.2. The highest BCUT2D eigenvalue weighted by Gasteiger charge is 2.21. The third-order valence-electron chi connectivity index (χ3n) is 2.76. The smallest absolute Gasteiger partial charge is 0.169 e. The number of ketones is 1. The molecule has 16 heavy (non-hydrogen) atoms. The van der Waals surface area contributed by atoms with Gasteiger partial charge in [-0.1, -0.05) is 39.0 Å².